The van der Waals surface area contributed by atoms with E-state index in [-0.39, 0.29) is 18.0 Å². The summed E-state index contributed by atoms with van der Waals surface area (Å²) in [4.78, 5) is 25.9. The first-order valence-corrected chi connectivity index (χ1v) is 10.4. The largest absolute Gasteiger partial charge is 0.323 e. The molecule has 3 aromatic heterocycles. The number of hydrogen-bond donors (Lipinski definition) is 1. The highest BCUT2D eigenvalue weighted by atomic mass is 19.1. The van der Waals surface area contributed by atoms with Gasteiger partial charge < -0.3 is 5.32 Å². The van der Waals surface area contributed by atoms with E-state index in [2.05, 4.69) is 25.4 Å². The van der Waals surface area contributed by atoms with Crippen LogP contribution in [0.5, 0.6) is 0 Å². The Labute approximate surface area is 189 Å². The Morgan fingerprint density at radius 1 is 0.970 bits per heavy atom. The van der Waals surface area contributed by atoms with E-state index < -0.39 is 5.82 Å². The second kappa shape index (κ2) is 8.58. The van der Waals surface area contributed by atoms with Gasteiger partial charge in [0.1, 0.15) is 5.82 Å². The fourth-order valence-electron chi connectivity index (χ4n) is 3.59. The maximum Gasteiger partial charge on any atom is 0.230 e. The number of nitrogens with zero attached hydrogens (tertiary/aromatic N) is 5. The highest BCUT2D eigenvalue weighted by Gasteiger charge is 2.16. The van der Waals surface area contributed by atoms with E-state index in [4.69, 9.17) is 0 Å². The van der Waals surface area contributed by atoms with Crippen molar-refractivity contribution in [1.29, 1.82) is 0 Å². The molecular formula is C25H19FN6O. The molecule has 0 fully saturated rings. The fraction of sp³-hybridized carbons (Fsp3) is 0.0800. The number of carbonyl (C=O) groups excluding carboxylic acids is 1. The summed E-state index contributed by atoms with van der Waals surface area (Å²) in [6.45, 7) is 1.90. The number of carbonyl (C=O) groups is 1. The molecule has 5 aromatic rings. The zero-order valence-corrected chi connectivity index (χ0v) is 17.7. The lowest BCUT2D eigenvalue weighted by molar-refractivity contribution is -0.115. The number of rotatable bonds is 5. The van der Waals surface area contributed by atoms with Crippen LogP contribution in [0, 0.1) is 12.7 Å². The first kappa shape index (κ1) is 20.4. The first-order valence-electron chi connectivity index (χ1n) is 10.4. The van der Waals surface area contributed by atoms with Crippen LogP contribution >= 0.6 is 0 Å². The van der Waals surface area contributed by atoms with Gasteiger partial charge in [0.2, 0.25) is 5.91 Å². The van der Waals surface area contributed by atoms with Gasteiger partial charge in [-0.15, -0.1) is 0 Å². The molecule has 0 aliphatic rings. The number of nitrogens with one attached hydrogen (secondary N) is 1. The van der Waals surface area contributed by atoms with Gasteiger partial charge in [-0.1, -0.05) is 24.3 Å². The third-order valence-electron chi connectivity index (χ3n) is 5.11. The Morgan fingerprint density at radius 2 is 1.79 bits per heavy atom. The molecule has 5 rings (SSSR count). The Bertz CT molecular complexity index is 1480. The Balaban J connectivity index is 1.53. The molecule has 1 N–H and O–H groups in total. The quantitative estimate of drug-likeness (QED) is 0.437. The molecule has 0 aliphatic carbocycles. The number of fused-ring (bicyclic) bond motifs is 1. The van der Waals surface area contributed by atoms with Gasteiger partial charge in [-0.3, -0.25) is 14.8 Å². The molecule has 0 saturated carbocycles. The number of hydrogen-bond acceptors (Lipinski definition) is 5. The molecule has 0 aliphatic heterocycles. The summed E-state index contributed by atoms with van der Waals surface area (Å²) in [5, 5.41) is 7.25. The highest BCUT2D eigenvalue weighted by Crippen LogP contribution is 2.26. The third kappa shape index (κ3) is 4.31. The number of halogens is 1. The second-order valence-corrected chi connectivity index (χ2v) is 7.53. The Kier molecular flexibility index (Phi) is 5.32. The number of aryl methyl sites for hydroxylation is 1. The standard InChI is InChI=1S/C25H19FN6O/c1-16-5-4-8-24(29-16)32-23(17-9-10-21-22(13-17)28-12-11-27-21)14-18(31-32)15-25(33)30-20-7-3-2-6-19(20)26/h2-14H,15H2,1H3,(H,30,33). The van der Waals surface area contributed by atoms with Gasteiger partial charge in [-0.2, -0.15) is 5.10 Å². The van der Waals surface area contributed by atoms with Gasteiger partial charge in [-0.05, 0) is 49.4 Å². The normalized spacial score (nSPS) is 11.0. The predicted octanol–water partition coefficient (Wildman–Crippen LogP) is 4.51. The predicted molar refractivity (Wildman–Crippen MR) is 123 cm³/mol. The molecule has 0 unspecified atom stereocenters. The van der Waals surface area contributed by atoms with Gasteiger partial charge >= 0.3 is 0 Å². The van der Waals surface area contributed by atoms with Crippen molar-refractivity contribution in [2.75, 3.05) is 5.32 Å². The number of para-hydroxylation sites is 1. The van der Waals surface area contributed by atoms with E-state index in [1.54, 1.807) is 29.2 Å². The molecule has 7 nitrogen and oxygen atoms in total. The summed E-state index contributed by atoms with van der Waals surface area (Å²) in [6.07, 6.45) is 3.27. The highest BCUT2D eigenvalue weighted by molar-refractivity contribution is 5.92. The monoisotopic (exact) mass is 438 g/mol. The van der Waals surface area contributed by atoms with Crippen LogP contribution in [0.3, 0.4) is 0 Å². The lowest BCUT2D eigenvalue weighted by Gasteiger charge is -2.08. The van der Waals surface area contributed by atoms with E-state index in [9.17, 15) is 9.18 Å². The first-order chi connectivity index (χ1) is 16.1. The number of benzene rings is 2. The zero-order valence-electron chi connectivity index (χ0n) is 17.7. The van der Waals surface area contributed by atoms with Gasteiger partial charge in [-0.25, -0.2) is 14.1 Å². The van der Waals surface area contributed by atoms with Crippen LogP contribution in [-0.4, -0.2) is 30.6 Å². The molecule has 1 amide bonds. The van der Waals surface area contributed by atoms with Crippen molar-refractivity contribution < 1.29 is 9.18 Å². The maximum atomic E-state index is 13.9. The van der Waals surface area contributed by atoms with Crippen LogP contribution in [-0.2, 0) is 11.2 Å². The summed E-state index contributed by atoms with van der Waals surface area (Å²) in [7, 11) is 0. The molecule has 0 saturated heterocycles. The van der Waals surface area contributed by atoms with Gasteiger partial charge in [0.15, 0.2) is 5.82 Å². The van der Waals surface area contributed by atoms with Gasteiger partial charge in [0, 0.05) is 23.7 Å². The van der Waals surface area contributed by atoms with E-state index in [1.165, 1.54) is 12.1 Å². The van der Waals surface area contributed by atoms with Crippen molar-refractivity contribution in [1.82, 2.24) is 24.7 Å². The molecule has 8 heteroatoms. The van der Waals surface area contributed by atoms with Crippen LogP contribution in [0.15, 0.2) is 79.1 Å². The van der Waals surface area contributed by atoms with Crippen molar-refractivity contribution in [2.24, 2.45) is 0 Å². The summed E-state index contributed by atoms with van der Waals surface area (Å²) >= 11 is 0. The molecule has 0 spiro atoms. The molecule has 33 heavy (non-hydrogen) atoms. The molecule has 0 radical (unpaired) electrons. The number of amides is 1. The molecule has 162 valence electrons. The van der Waals surface area contributed by atoms with E-state index >= 15 is 0 Å². The lowest BCUT2D eigenvalue weighted by atomic mass is 10.1. The van der Waals surface area contributed by atoms with Gasteiger partial charge in [0.05, 0.1) is 34.5 Å². The maximum absolute atomic E-state index is 13.9. The average molecular weight is 438 g/mol. The smallest absolute Gasteiger partial charge is 0.230 e. The average Bonchev–Trinajstić information content (AvgIpc) is 3.24. The minimum atomic E-state index is -0.488. The second-order valence-electron chi connectivity index (χ2n) is 7.53. The molecule has 3 heterocycles. The van der Waals surface area contributed by atoms with Crippen molar-refractivity contribution >= 4 is 22.6 Å². The van der Waals surface area contributed by atoms with Crippen LogP contribution in [0.2, 0.25) is 0 Å². The number of pyridine rings is 1. The lowest BCUT2D eigenvalue weighted by Crippen LogP contribution is -2.15. The summed E-state index contributed by atoms with van der Waals surface area (Å²) in [6, 6.07) is 19.3. The third-order valence-corrected chi connectivity index (χ3v) is 5.11. The van der Waals surface area contributed by atoms with Crippen LogP contribution in [0.4, 0.5) is 10.1 Å². The molecule has 0 atom stereocenters. The van der Waals surface area contributed by atoms with Crippen LogP contribution < -0.4 is 5.32 Å². The van der Waals surface area contributed by atoms with Crippen molar-refractivity contribution in [2.45, 2.75) is 13.3 Å². The van der Waals surface area contributed by atoms with Crippen molar-refractivity contribution in [3.05, 3.63) is 96.3 Å². The number of aromatic nitrogens is 5. The van der Waals surface area contributed by atoms with Crippen LogP contribution in [0.25, 0.3) is 28.1 Å². The summed E-state index contributed by atoms with van der Waals surface area (Å²) in [5.41, 5.74) is 4.66. The van der Waals surface area contributed by atoms with Crippen molar-refractivity contribution in [3.8, 4) is 17.1 Å². The summed E-state index contributed by atoms with van der Waals surface area (Å²) < 4.78 is 15.6. The molecule has 0 bridgehead atoms. The van der Waals surface area contributed by atoms with E-state index in [0.717, 1.165) is 28.0 Å². The van der Waals surface area contributed by atoms with E-state index in [1.807, 2.05) is 49.4 Å². The Morgan fingerprint density at radius 3 is 2.61 bits per heavy atom. The molecular weight excluding hydrogens is 419 g/mol. The summed E-state index contributed by atoms with van der Waals surface area (Å²) in [5.74, 6) is -0.221. The van der Waals surface area contributed by atoms with Gasteiger partial charge in [0.25, 0.3) is 0 Å². The van der Waals surface area contributed by atoms with Crippen molar-refractivity contribution in [3.63, 3.8) is 0 Å². The topological polar surface area (TPSA) is 85.6 Å². The SMILES string of the molecule is Cc1cccc(-n2nc(CC(=O)Nc3ccccc3F)cc2-c2ccc3nccnc3c2)n1. The Hall–Kier alpha value is -4.46. The van der Waals surface area contributed by atoms with E-state index in [0.29, 0.717) is 11.5 Å². The molecule has 2 aromatic carbocycles. The zero-order chi connectivity index (χ0) is 22.8. The minimum Gasteiger partial charge on any atom is -0.323 e. The fourth-order valence-corrected chi connectivity index (χ4v) is 3.59. The van der Waals surface area contributed by atoms with Crippen LogP contribution in [0.1, 0.15) is 11.4 Å². The minimum absolute atomic E-state index is 0.0203. The number of anilines is 1.